The minimum absolute atomic E-state index is 0.317. The van der Waals surface area contributed by atoms with Gasteiger partial charge < -0.3 is 15.0 Å². The number of hydrogen-bond donors (Lipinski definition) is 1. The third-order valence-electron chi connectivity index (χ3n) is 3.96. The number of aryl methyl sites for hydroxylation is 1. The van der Waals surface area contributed by atoms with Gasteiger partial charge in [-0.05, 0) is 19.1 Å². The van der Waals surface area contributed by atoms with Gasteiger partial charge >= 0.3 is 0 Å². The number of carbonyl (C=O) groups excluding carboxylic acids is 1. The molecule has 1 fully saturated rings. The van der Waals surface area contributed by atoms with Crippen LogP contribution in [-0.2, 0) is 22.6 Å². The van der Waals surface area contributed by atoms with Crippen LogP contribution in [0.15, 0.2) is 18.2 Å². The number of benzene rings is 1. The molecule has 0 aliphatic carbocycles. The summed E-state index contributed by atoms with van der Waals surface area (Å²) in [6, 6.07) is 4.97. The Kier molecular flexibility index (Phi) is 4.08. The van der Waals surface area contributed by atoms with E-state index in [0.29, 0.717) is 38.3 Å². The maximum Gasteiger partial charge on any atom is 0.247 e. The number of amides is 1. The van der Waals surface area contributed by atoms with Gasteiger partial charge in [0.2, 0.25) is 5.91 Å². The average Bonchev–Trinajstić information content (AvgIpc) is 2.86. The number of nitrogens with zero attached hydrogens (tertiary/aromatic N) is 3. The van der Waals surface area contributed by atoms with E-state index in [1.54, 1.807) is 6.07 Å². The normalized spacial score (nSPS) is 19.6. The Labute approximate surface area is 127 Å². The lowest BCUT2D eigenvalue weighted by atomic mass is 10.2. The molecule has 22 heavy (non-hydrogen) atoms. The molecule has 3 rings (SSSR count). The van der Waals surface area contributed by atoms with Crippen LogP contribution in [0.25, 0.3) is 11.0 Å². The minimum Gasteiger partial charge on any atom is -0.367 e. The van der Waals surface area contributed by atoms with Crippen molar-refractivity contribution in [3.63, 3.8) is 0 Å². The molecule has 0 bridgehead atoms. The average molecular weight is 306 g/mol. The first kappa shape index (κ1) is 14.9. The van der Waals surface area contributed by atoms with Gasteiger partial charge in [0.05, 0.1) is 18.7 Å². The highest BCUT2D eigenvalue weighted by molar-refractivity contribution is 5.79. The van der Waals surface area contributed by atoms with E-state index in [-0.39, 0.29) is 5.82 Å². The lowest BCUT2D eigenvalue weighted by Crippen LogP contribution is -2.48. The molecule has 1 aromatic heterocycles. The monoisotopic (exact) mass is 306 g/mol. The highest BCUT2D eigenvalue weighted by Gasteiger charge is 2.26. The smallest absolute Gasteiger partial charge is 0.247 e. The number of ether oxygens (including phenoxy) is 1. The van der Waals surface area contributed by atoms with E-state index < -0.39 is 12.0 Å². The number of rotatable bonds is 4. The van der Waals surface area contributed by atoms with Gasteiger partial charge in [-0.1, -0.05) is 6.07 Å². The van der Waals surface area contributed by atoms with Gasteiger partial charge in [0.15, 0.2) is 5.82 Å². The van der Waals surface area contributed by atoms with Crippen LogP contribution < -0.4 is 5.73 Å². The Balaban J connectivity index is 1.87. The van der Waals surface area contributed by atoms with Crippen LogP contribution in [0.1, 0.15) is 12.7 Å². The summed E-state index contributed by atoms with van der Waals surface area (Å²) < 4.78 is 21.2. The van der Waals surface area contributed by atoms with E-state index in [9.17, 15) is 9.18 Å². The van der Waals surface area contributed by atoms with Gasteiger partial charge in [0.25, 0.3) is 0 Å². The maximum atomic E-state index is 13.9. The summed E-state index contributed by atoms with van der Waals surface area (Å²) in [6.45, 7) is 4.83. The van der Waals surface area contributed by atoms with Crippen molar-refractivity contribution < 1.29 is 13.9 Å². The molecule has 1 amide bonds. The summed E-state index contributed by atoms with van der Waals surface area (Å²) in [5.74, 6) is 0.00963. The summed E-state index contributed by atoms with van der Waals surface area (Å²) in [7, 11) is 0. The molecule has 1 aromatic carbocycles. The second kappa shape index (κ2) is 6.02. The highest BCUT2D eigenvalue weighted by Crippen LogP contribution is 2.20. The van der Waals surface area contributed by atoms with Crippen molar-refractivity contribution in [1.82, 2.24) is 14.5 Å². The van der Waals surface area contributed by atoms with Crippen LogP contribution in [0, 0.1) is 5.82 Å². The zero-order valence-electron chi connectivity index (χ0n) is 12.5. The third kappa shape index (κ3) is 2.69. The Morgan fingerprint density at radius 1 is 1.55 bits per heavy atom. The molecule has 2 N–H and O–H groups in total. The van der Waals surface area contributed by atoms with Gasteiger partial charge in [-0.15, -0.1) is 0 Å². The first-order valence-corrected chi connectivity index (χ1v) is 7.37. The van der Waals surface area contributed by atoms with Gasteiger partial charge in [-0.3, -0.25) is 9.69 Å². The topological polar surface area (TPSA) is 73.4 Å². The third-order valence-corrected chi connectivity index (χ3v) is 3.96. The van der Waals surface area contributed by atoms with Gasteiger partial charge in [-0.25, -0.2) is 9.37 Å². The first-order chi connectivity index (χ1) is 10.6. The standard InChI is InChI=1S/C15H19FN4O2/c1-2-20-11-5-3-4-10(16)14(11)18-13(20)9-19-6-7-22-12(8-19)15(17)21/h3-5,12H,2,6-9H2,1H3,(H2,17,21). The second-order valence-corrected chi connectivity index (χ2v) is 5.38. The summed E-state index contributed by atoms with van der Waals surface area (Å²) in [5.41, 5.74) is 6.48. The van der Waals surface area contributed by atoms with E-state index in [1.807, 2.05) is 17.6 Å². The Bertz CT molecular complexity index is 700. The number of halogens is 1. The van der Waals surface area contributed by atoms with Crippen molar-refractivity contribution in [3.05, 3.63) is 29.8 Å². The van der Waals surface area contributed by atoms with Gasteiger partial charge in [0, 0.05) is 19.6 Å². The lowest BCUT2D eigenvalue weighted by molar-refractivity contribution is -0.135. The van der Waals surface area contributed by atoms with Crippen molar-refractivity contribution in [2.45, 2.75) is 26.1 Å². The molecule has 1 atom stereocenters. The summed E-state index contributed by atoms with van der Waals surface area (Å²) in [6.07, 6.45) is -0.593. The number of imidazole rings is 1. The molecular formula is C15H19FN4O2. The van der Waals surface area contributed by atoms with Crippen molar-refractivity contribution in [2.24, 2.45) is 5.73 Å². The van der Waals surface area contributed by atoms with Crippen molar-refractivity contribution in [3.8, 4) is 0 Å². The first-order valence-electron chi connectivity index (χ1n) is 7.37. The van der Waals surface area contributed by atoms with Crippen LogP contribution in [0.5, 0.6) is 0 Å². The van der Waals surface area contributed by atoms with Crippen LogP contribution >= 0.6 is 0 Å². The van der Waals surface area contributed by atoms with Crippen LogP contribution in [0.3, 0.4) is 0 Å². The van der Waals surface area contributed by atoms with Crippen LogP contribution in [0.2, 0.25) is 0 Å². The Morgan fingerprint density at radius 2 is 2.36 bits per heavy atom. The number of morpholine rings is 1. The predicted octanol–water partition coefficient (Wildman–Crippen LogP) is 0.881. The summed E-state index contributed by atoms with van der Waals surface area (Å²) >= 11 is 0. The molecule has 118 valence electrons. The van der Waals surface area contributed by atoms with Gasteiger partial charge in [0.1, 0.15) is 17.4 Å². The number of fused-ring (bicyclic) bond motifs is 1. The molecule has 1 saturated heterocycles. The number of primary amides is 1. The van der Waals surface area contributed by atoms with E-state index >= 15 is 0 Å². The summed E-state index contributed by atoms with van der Waals surface area (Å²) in [5, 5.41) is 0. The molecular weight excluding hydrogens is 287 g/mol. The predicted molar refractivity (Wildman–Crippen MR) is 79.6 cm³/mol. The molecule has 0 saturated carbocycles. The minimum atomic E-state index is -0.593. The molecule has 6 nitrogen and oxygen atoms in total. The lowest BCUT2D eigenvalue weighted by Gasteiger charge is -2.31. The molecule has 2 aromatic rings. The largest absolute Gasteiger partial charge is 0.367 e. The van der Waals surface area contributed by atoms with E-state index in [1.165, 1.54) is 6.07 Å². The van der Waals surface area contributed by atoms with E-state index in [2.05, 4.69) is 9.88 Å². The fourth-order valence-electron chi connectivity index (χ4n) is 2.85. The van der Waals surface area contributed by atoms with Crippen LogP contribution in [-0.4, -0.2) is 46.2 Å². The fraction of sp³-hybridized carbons (Fsp3) is 0.467. The SMILES string of the molecule is CCn1c(CN2CCOC(C(N)=O)C2)nc2c(F)cccc21. The van der Waals surface area contributed by atoms with Crippen LogP contribution in [0.4, 0.5) is 4.39 Å². The highest BCUT2D eigenvalue weighted by atomic mass is 19.1. The Hall–Kier alpha value is -1.99. The maximum absolute atomic E-state index is 13.9. The zero-order valence-corrected chi connectivity index (χ0v) is 12.5. The number of carbonyl (C=O) groups is 1. The number of hydrogen-bond acceptors (Lipinski definition) is 4. The molecule has 0 radical (unpaired) electrons. The second-order valence-electron chi connectivity index (χ2n) is 5.38. The molecule has 2 heterocycles. The molecule has 1 aliphatic heterocycles. The summed E-state index contributed by atoms with van der Waals surface area (Å²) in [4.78, 5) is 17.8. The molecule has 1 aliphatic rings. The van der Waals surface area contributed by atoms with Crippen molar-refractivity contribution >= 4 is 16.9 Å². The van der Waals surface area contributed by atoms with E-state index in [4.69, 9.17) is 10.5 Å². The molecule has 7 heteroatoms. The fourth-order valence-corrected chi connectivity index (χ4v) is 2.85. The van der Waals surface area contributed by atoms with Gasteiger partial charge in [-0.2, -0.15) is 0 Å². The number of nitrogens with two attached hydrogens (primary N) is 1. The zero-order chi connectivity index (χ0) is 15.7. The molecule has 1 unspecified atom stereocenters. The van der Waals surface area contributed by atoms with Crippen molar-refractivity contribution in [1.29, 1.82) is 0 Å². The quantitative estimate of drug-likeness (QED) is 0.910. The number of aromatic nitrogens is 2. The van der Waals surface area contributed by atoms with E-state index in [0.717, 1.165) is 11.3 Å². The van der Waals surface area contributed by atoms with Crippen molar-refractivity contribution in [2.75, 3.05) is 19.7 Å². The number of para-hydroxylation sites is 1. The molecule has 0 spiro atoms. The Morgan fingerprint density at radius 3 is 3.09 bits per heavy atom.